The largest absolute Gasteiger partial charge is 0.480 e. The normalized spacial score (nSPS) is 16.8. The van der Waals surface area contributed by atoms with Crippen molar-refractivity contribution in [3.8, 4) is 5.88 Å². The fourth-order valence-corrected chi connectivity index (χ4v) is 3.85. The van der Waals surface area contributed by atoms with E-state index in [1.165, 1.54) is 24.6 Å². The monoisotopic (exact) mass is 318 g/mol. The molecule has 7 heteroatoms. The van der Waals surface area contributed by atoms with E-state index in [0.29, 0.717) is 22.8 Å². The van der Waals surface area contributed by atoms with Crippen LogP contribution in [0.2, 0.25) is 0 Å². The van der Waals surface area contributed by atoms with Crippen LogP contribution in [0.3, 0.4) is 0 Å². The average molecular weight is 318 g/mol. The molecule has 2 aromatic rings. The van der Waals surface area contributed by atoms with Gasteiger partial charge in [-0.05, 0) is 32.1 Å². The van der Waals surface area contributed by atoms with E-state index >= 15 is 0 Å². The number of hydrogen-bond donors (Lipinski definition) is 1. The highest BCUT2D eigenvalue weighted by atomic mass is 32.2. The number of thioether (sulfide) groups is 1. The first-order chi connectivity index (χ1) is 10.8. The molecule has 0 amide bonds. The Kier molecular flexibility index (Phi) is 3.44. The number of hydrogen-bond acceptors (Lipinski definition) is 5. The molecule has 0 spiro atoms. The number of rotatable bonds is 5. The van der Waals surface area contributed by atoms with E-state index in [-0.39, 0.29) is 5.56 Å². The molecule has 1 saturated carbocycles. The Balaban J connectivity index is 1.57. The van der Waals surface area contributed by atoms with E-state index in [4.69, 9.17) is 4.74 Å². The summed E-state index contributed by atoms with van der Waals surface area (Å²) in [7, 11) is 1.64. The lowest BCUT2D eigenvalue weighted by atomic mass is 10.3. The first-order valence-corrected chi connectivity index (χ1v) is 8.59. The van der Waals surface area contributed by atoms with Gasteiger partial charge in [0.05, 0.1) is 24.8 Å². The zero-order valence-corrected chi connectivity index (χ0v) is 13.3. The number of nitrogens with zero attached hydrogens (tertiary/aromatic N) is 3. The Morgan fingerprint density at radius 1 is 1.45 bits per heavy atom. The number of aromatic amines is 1. The molecule has 0 atom stereocenters. The van der Waals surface area contributed by atoms with Gasteiger partial charge in [-0.15, -0.1) is 0 Å². The lowest BCUT2D eigenvalue weighted by Crippen LogP contribution is -2.15. The van der Waals surface area contributed by atoms with Crippen molar-refractivity contribution in [1.29, 1.82) is 0 Å². The van der Waals surface area contributed by atoms with Crippen LogP contribution in [0.15, 0.2) is 16.3 Å². The lowest BCUT2D eigenvalue weighted by molar-refractivity contribution is 0.395. The molecular formula is C15H18N4O2S. The maximum absolute atomic E-state index is 12.1. The van der Waals surface area contributed by atoms with Crippen LogP contribution in [0.5, 0.6) is 5.88 Å². The third kappa shape index (κ3) is 2.43. The van der Waals surface area contributed by atoms with Crippen LogP contribution < -0.4 is 10.3 Å². The lowest BCUT2D eigenvalue weighted by Gasteiger charge is -2.08. The Bertz CT molecular complexity index is 763. The summed E-state index contributed by atoms with van der Waals surface area (Å²) >= 11 is 1.54. The molecule has 116 valence electrons. The number of aryl methyl sites for hydroxylation is 1. The predicted molar refractivity (Wildman–Crippen MR) is 83.5 cm³/mol. The topological polar surface area (TPSA) is 72.8 Å². The van der Waals surface area contributed by atoms with Crippen molar-refractivity contribution in [2.75, 3.05) is 7.11 Å². The van der Waals surface area contributed by atoms with E-state index in [1.807, 2.05) is 6.33 Å². The minimum absolute atomic E-state index is 0.0210. The van der Waals surface area contributed by atoms with Crippen LogP contribution in [0.4, 0.5) is 0 Å². The van der Waals surface area contributed by atoms with Gasteiger partial charge >= 0.3 is 0 Å². The number of aromatic nitrogens is 4. The fourth-order valence-electron chi connectivity index (χ4n) is 2.97. The summed E-state index contributed by atoms with van der Waals surface area (Å²) in [4.78, 5) is 23.9. The van der Waals surface area contributed by atoms with Crippen LogP contribution >= 0.6 is 11.8 Å². The summed E-state index contributed by atoms with van der Waals surface area (Å²) < 4.78 is 7.54. The molecule has 1 fully saturated rings. The number of methoxy groups -OCH3 is 1. The van der Waals surface area contributed by atoms with Gasteiger partial charge in [0.2, 0.25) is 5.88 Å². The second kappa shape index (κ2) is 5.46. The molecule has 0 aromatic carbocycles. The molecule has 4 rings (SSSR count). The first kappa shape index (κ1) is 13.9. The van der Waals surface area contributed by atoms with Gasteiger partial charge in [-0.1, -0.05) is 11.8 Å². The third-order valence-corrected chi connectivity index (χ3v) is 5.14. The van der Waals surface area contributed by atoms with Gasteiger partial charge < -0.3 is 14.3 Å². The Morgan fingerprint density at radius 2 is 2.32 bits per heavy atom. The molecule has 2 aliphatic rings. The highest BCUT2D eigenvalue weighted by Gasteiger charge is 2.27. The van der Waals surface area contributed by atoms with Gasteiger partial charge in [-0.25, -0.2) is 9.97 Å². The van der Waals surface area contributed by atoms with Crippen molar-refractivity contribution in [1.82, 2.24) is 19.5 Å². The molecule has 2 aliphatic carbocycles. The van der Waals surface area contributed by atoms with Crippen LogP contribution in [0.1, 0.15) is 42.3 Å². The maximum atomic E-state index is 12.1. The minimum Gasteiger partial charge on any atom is -0.480 e. The van der Waals surface area contributed by atoms with Crippen molar-refractivity contribution in [3.63, 3.8) is 0 Å². The molecule has 1 N–H and O–H groups in total. The van der Waals surface area contributed by atoms with E-state index in [2.05, 4.69) is 19.5 Å². The summed E-state index contributed by atoms with van der Waals surface area (Å²) in [6.45, 7) is 0. The summed E-state index contributed by atoms with van der Waals surface area (Å²) in [5.74, 6) is 1.37. The molecule has 2 heterocycles. The first-order valence-electron chi connectivity index (χ1n) is 7.61. The van der Waals surface area contributed by atoms with Crippen molar-refractivity contribution in [2.24, 2.45) is 0 Å². The smallest absolute Gasteiger partial charge is 0.254 e. The predicted octanol–water partition coefficient (Wildman–Crippen LogP) is 2.09. The summed E-state index contributed by atoms with van der Waals surface area (Å²) in [6, 6.07) is 0.555. The van der Waals surface area contributed by atoms with Gasteiger partial charge in [0, 0.05) is 17.4 Å². The van der Waals surface area contributed by atoms with Gasteiger partial charge in [-0.3, -0.25) is 4.79 Å². The quantitative estimate of drug-likeness (QED) is 0.675. The average Bonchev–Trinajstić information content (AvgIpc) is 3.10. The summed E-state index contributed by atoms with van der Waals surface area (Å²) in [5, 5.41) is 0.691. The van der Waals surface area contributed by atoms with Crippen LogP contribution in [0.25, 0.3) is 0 Å². The third-order valence-electron chi connectivity index (χ3n) is 4.26. The van der Waals surface area contributed by atoms with Gasteiger partial charge in [-0.2, -0.15) is 0 Å². The van der Waals surface area contributed by atoms with Crippen molar-refractivity contribution < 1.29 is 4.74 Å². The number of imidazole rings is 1. The highest BCUT2D eigenvalue weighted by Crippen LogP contribution is 2.39. The molecule has 0 saturated heterocycles. The number of H-pyrrole nitrogens is 1. The zero-order valence-electron chi connectivity index (χ0n) is 12.5. The summed E-state index contributed by atoms with van der Waals surface area (Å²) in [5.41, 5.74) is 2.92. The molecular weight excluding hydrogens is 300 g/mol. The Morgan fingerprint density at radius 3 is 3.09 bits per heavy atom. The highest BCUT2D eigenvalue weighted by molar-refractivity contribution is 7.98. The van der Waals surface area contributed by atoms with Crippen molar-refractivity contribution in [3.05, 3.63) is 33.6 Å². The van der Waals surface area contributed by atoms with Crippen LogP contribution in [-0.2, 0) is 18.6 Å². The van der Waals surface area contributed by atoms with Crippen LogP contribution in [0, 0.1) is 0 Å². The minimum atomic E-state index is 0.0210. The second-order valence-corrected chi connectivity index (χ2v) is 6.74. The van der Waals surface area contributed by atoms with Crippen LogP contribution in [-0.4, -0.2) is 26.6 Å². The molecule has 0 bridgehead atoms. The second-order valence-electron chi connectivity index (χ2n) is 5.78. The van der Waals surface area contributed by atoms with E-state index in [9.17, 15) is 4.79 Å². The van der Waals surface area contributed by atoms with Crippen molar-refractivity contribution in [2.45, 2.75) is 49.1 Å². The molecule has 6 nitrogen and oxygen atoms in total. The maximum Gasteiger partial charge on any atom is 0.254 e. The summed E-state index contributed by atoms with van der Waals surface area (Å²) in [6.07, 6.45) is 7.05. The fraction of sp³-hybridized carbons (Fsp3) is 0.533. The molecule has 0 aliphatic heterocycles. The Hall–Kier alpha value is -1.76. The zero-order chi connectivity index (χ0) is 15.1. The Labute approximate surface area is 132 Å². The number of fused-ring (bicyclic) bond motifs is 1. The van der Waals surface area contributed by atoms with Gasteiger partial charge in [0.15, 0.2) is 5.16 Å². The van der Waals surface area contributed by atoms with Crippen molar-refractivity contribution >= 4 is 11.8 Å². The van der Waals surface area contributed by atoms with E-state index in [1.54, 1.807) is 7.11 Å². The van der Waals surface area contributed by atoms with Gasteiger partial charge in [0.1, 0.15) is 0 Å². The van der Waals surface area contributed by atoms with Gasteiger partial charge in [0.25, 0.3) is 5.56 Å². The standard InChI is InChI=1S/C15H18N4O2S/c1-21-14-12(19(8-16-14)9-5-6-9)7-22-15-17-11-4-2-3-10(11)13(20)18-15/h8-9H,2-7H2,1H3,(H,17,18,20). The molecule has 0 radical (unpaired) electrons. The number of ether oxygens (including phenoxy) is 1. The van der Waals surface area contributed by atoms with E-state index in [0.717, 1.165) is 36.2 Å². The molecule has 2 aromatic heterocycles. The number of nitrogens with one attached hydrogen (secondary N) is 1. The van der Waals surface area contributed by atoms with E-state index < -0.39 is 0 Å². The SMILES string of the molecule is COc1ncn(C2CC2)c1CSc1nc2c(c(=O)[nH]1)CCC2. The molecule has 22 heavy (non-hydrogen) atoms. The molecule has 0 unspecified atom stereocenters.